The fourth-order valence-electron chi connectivity index (χ4n) is 2.39. The van der Waals surface area contributed by atoms with Crippen LogP contribution in [0.4, 0.5) is 0 Å². The molecule has 0 aliphatic carbocycles. The molecule has 0 saturated heterocycles. The van der Waals surface area contributed by atoms with Gasteiger partial charge in [-0.25, -0.2) is 4.98 Å². The Bertz CT molecular complexity index is 513. The molecule has 1 N–H and O–H groups in total. The molecule has 2 aromatic rings. The number of para-hydroxylation sites is 1. The topological polar surface area (TPSA) is 29.9 Å². The van der Waals surface area contributed by atoms with Crippen LogP contribution < -0.4 is 5.32 Å². The first-order valence-corrected chi connectivity index (χ1v) is 6.27. The molecule has 0 saturated carbocycles. The zero-order valence-electron chi connectivity index (χ0n) is 11.1. The van der Waals surface area contributed by atoms with Crippen molar-refractivity contribution < 1.29 is 0 Å². The largest absolute Gasteiger partial charge is 0.331 e. The highest BCUT2D eigenvalue weighted by Crippen LogP contribution is 2.19. The summed E-state index contributed by atoms with van der Waals surface area (Å²) in [5.74, 6) is 1.16. The lowest BCUT2D eigenvalue weighted by atomic mass is 10.2. The van der Waals surface area contributed by atoms with E-state index in [0.717, 1.165) is 24.3 Å². The van der Waals surface area contributed by atoms with Gasteiger partial charge in [-0.15, -0.1) is 0 Å². The summed E-state index contributed by atoms with van der Waals surface area (Å²) in [5, 5.41) is 3.43. The third kappa shape index (κ3) is 2.34. The van der Waals surface area contributed by atoms with E-state index in [-0.39, 0.29) is 0 Å². The Morgan fingerprint density at radius 3 is 2.82 bits per heavy atom. The number of hydrogen-bond acceptors (Lipinski definition) is 2. The van der Waals surface area contributed by atoms with Crippen molar-refractivity contribution in [1.82, 2.24) is 14.9 Å². The van der Waals surface area contributed by atoms with Crippen LogP contribution in [0, 0.1) is 6.92 Å². The first kappa shape index (κ1) is 12.1. The Labute approximate surface area is 103 Å². The average Bonchev–Trinajstić information content (AvgIpc) is 2.57. The van der Waals surface area contributed by atoms with Gasteiger partial charge in [0, 0.05) is 19.5 Å². The summed E-state index contributed by atoms with van der Waals surface area (Å²) in [5.41, 5.74) is 3.65. The molecule has 0 aliphatic rings. The first-order valence-electron chi connectivity index (χ1n) is 6.27. The highest BCUT2D eigenvalue weighted by molar-refractivity contribution is 5.79. The zero-order chi connectivity index (χ0) is 12.4. The Kier molecular flexibility index (Phi) is 3.48. The normalized spacial score (nSPS) is 13.2. The third-order valence-corrected chi connectivity index (χ3v) is 3.23. The van der Waals surface area contributed by atoms with Crippen LogP contribution >= 0.6 is 0 Å². The maximum Gasteiger partial charge on any atom is 0.111 e. The van der Waals surface area contributed by atoms with Gasteiger partial charge in [-0.2, -0.15) is 0 Å². The quantitative estimate of drug-likeness (QED) is 0.875. The SMILES string of the molecule is CCNC(C)Cc1nc2cccc(C)c2n1C. The molecule has 1 aromatic heterocycles. The number of nitrogens with one attached hydrogen (secondary N) is 1. The monoisotopic (exact) mass is 231 g/mol. The Balaban J connectivity index is 2.36. The van der Waals surface area contributed by atoms with E-state index in [9.17, 15) is 0 Å². The maximum absolute atomic E-state index is 4.72. The number of benzene rings is 1. The predicted molar refractivity (Wildman–Crippen MR) is 72.3 cm³/mol. The van der Waals surface area contributed by atoms with E-state index in [1.807, 2.05) is 0 Å². The number of aryl methyl sites for hydroxylation is 2. The van der Waals surface area contributed by atoms with Gasteiger partial charge < -0.3 is 9.88 Å². The number of rotatable bonds is 4. The molecule has 1 heterocycles. The van der Waals surface area contributed by atoms with Gasteiger partial charge in [0.05, 0.1) is 11.0 Å². The molecular formula is C14H21N3. The molecular weight excluding hydrogens is 210 g/mol. The molecule has 1 unspecified atom stereocenters. The number of fused-ring (bicyclic) bond motifs is 1. The van der Waals surface area contributed by atoms with Crippen molar-refractivity contribution in [3.8, 4) is 0 Å². The van der Waals surface area contributed by atoms with Crippen molar-refractivity contribution in [1.29, 1.82) is 0 Å². The van der Waals surface area contributed by atoms with Crippen molar-refractivity contribution >= 4 is 11.0 Å². The first-order chi connectivity index (χ1) is 8.13. The number of likely N-dealkylation sites (N-methyl/N-ethyl adjacent to an activating group) is 1. The fourth-order valence-corrected chi connectivity index (χ4v) is 2.39. The molecule has 0 amide bonds. The molecule has 1 aromatic carbocycles. The van der Waals surface area contributed by atoms with E-state index >= 15 is 0 Å². The van der Waals surface area contributed by atoms with Crippen molar-refractivity contribution in [2.75, 3.05) is 6.54 Å². The Morgan fingerprint density at radius 1 is 1.41 bits per heavy atom. The molecule has 0 bridgehead atoms. The predicted octanol–water partition coefficient (Wildman–Crippen LogP) is 2.42. The van der Waals surface area contributed by atoms with Crippen LogP contribution in [0.5, 0.6) is 0 Å². The molecule has 3 heteroatoms. The van der Waals surface area contributed by atoms with E-state index in [4.69, 9.17) is 4.98 Å². The number of aromatic nitrogens is 2. The van der Waals surface area contributed by atoms with E-state index in [0.29, 0.717) is 6.04 Å². The van der Waals surface area contributed by atoms with Gasteiger partial charge >= 0.3 is 0 Å². The molecule has 0 radical (unpaired) electrons. The van der Waals surface area contributed by atoms with E-state index < -0.39 is 0 Å². The van der Waals surface area contributed by atoms with E-state index in [1.54, 1.807) is 0 Å². The smallest absolute Gasteiger partial charge is 0.111 e. The minimum Gasteiger partial charge on any atom is -0.331 e. The lowest BCUT2D eigenvalue weighted by Gasteiger charge is -2.11. The molecule has 92 valence electrons. The van der Waals surface area contributed by atoms with Gasteiger partial charge in [0.2, 0.25) is 0 Å². The lowest BCUT2D eigenvalue weighted by Crippen LogP contribution is -2.28. The summed E-state index contributed by atoms with van der Waals surface area (Å²) >= 11 is 0. The summed E-state index contributed by atoms with van der Waals surface area (Å²) in [4.78, 5) is 4.72. The highest BCUT2D eigenvalue weighted by Gasteiger charge is 2.11. The summed E-state index contributed by atoms with van der Waals surface area (Å²) < 4.78 is 2.22. The van der Waals surface area contributed by atoms with E-state index in [2.05, 4.69) is 55.9 Å². The number of hydrogen-bond donors (Lipinski definition) is 1. The fraction of sp³-hybridized carbons (Fsp3) is 0.500. The second-order valence-electron chi connectivity index (χ2n) is 4.69. The summed E-state index contributed by atoms with van der Waals surface area (Å²) in [7, 11) is 2.11. The molecule has 1 atom stereocenters. The third-order valence-electron chi connectivity index (χ3n) is 3.23. The van der Waals surface area contributed by atoms with E-state index in [1.165, 1.54) is 11.1 Å². The van der Waals surface area contributed by atoms with Crippen molar-refractivity contribution in [2.24, 2.45) is 7.05 Å². The average molecular weight is 231 g/mol. The molecule has 2 rings (SSSR count). The van der Waals surface area contributed by atoms with Gasteiger partial charge in [-0.1, -0.05) is 19.1 Å². The van der Waals surface area contributed by atoms with Crippen LogP contribution in [-0.2, 0) is 13.5 Å². The number of imidazole rings is 1. The van der Waals surface area contributed by atoms with Crippen LogP contribution in [0.15, 0.2) is 18.2 Å². The van der Waals surface area contributed by atoms with Gasteiger partial charge in [-0.05, 0) is 32.0 Å². The van der Waals surface area contributed by atoms with Crippen LogP contribution in [-0.4, -0.2) is 22.1 Å². The minimum absolute atomic E-state index is 0.468. The minimum atomic E-state index is 0.468. The van der Waals surface area contributed by atoms with Crippen LogP contribution in [0.3, 0.4) is 0 Å². The molecule has 17 heavy (non-hydrogen) atoms. The molecule has 0 spiro atoms. The van der Waals surface area contributed by atoms with Gasteiger partial charge in [0.25, 0.3) is 0 Å². The van der Waals surface area contributed by atoms with Crippen molar-refractivity contribution in [3.05, 3.63) is 29.6 Å². The second kappa shape index (κ2) is 4.88. The van der Waals surface area contributed by atoms with Gasteiger partial charge in [0.15, 0.2) is 0 Å². The van der Waals surface area contributed by atoms with Crippen LogP contribution in [0.1, 0.15) is 25.2 Å². The van der Waals surface area contributed by atoms with Gasteiger partial charge in [-0.3, -0.25) is 0 Å². The van der Waals surface area contributed by atoms with Crippen LogP contribution in [0.25, 0.3) is 11.0 Å². The highest BCUT2D eigenvalue weighted by atomic mass is 15.1. The standard InChI is InChI=1S/C14H21N3/c1-5-15-11(3)9-13-16-12-8-6-7-10(2)14(12)17(13)4/h6-8,11,15H,5,9H2,1-4H3. The zero-order valence-corrected chi connectivity index (χ0v) is 11.1. The van der Waals surface area contributed by atoms with Crippen LogP contribution in [0.2, 0.25) is 0 Å². The van der Waals surface area contributed by atoms with Crippen molar-refractivity contribution in [3.63, 3.8) is 0 Å². The maximum atomic E-state index is 4.72. The van der Waals surface area contributed by atoms with Gasteiger partial charge in [0.1, 0.15) is 5.82 Å². The summed E-state index contributed by atoms with van der Waals surface area (Å²) in [6.07, 6.45) is 0.971. The summed E-state index contributed by atoms with van der Waals surface area (Å²) in [6.45, 7) is 7.48. The summed E-state index contributed by atoms with van der Waals surface area (Å²) in [6, 6.07) is 6.77. The Hall–Kier alpha value is -1.35. The van der Waals surface area contributed by atoms with Crippen molar-refractivity contribution in [2.45, 2.75) is 33.2 Å². The number of nitrogens with zero attached hydrogens (tertiary/aromatic N) is 2. The molecule has 0 aliphatic heterocycles. The molecule has 0 fully saturated rings. The Morgan fingerprint density at radius 2 is 2.18 bits per heavy atom. The molecule has 3 nitrogen and oxygen atoms in total. The second-order valence-corrected chi connectivity index (χ2v) is 4.69. The lowest BCUT2D eigenvalue weighted by molar-refractivity contribution is 0.545.